The standard InChI is InChI=1S/C10H13NO3/c1-3-10(4-2)13-8(5-6-11)7-9(12)14-10/h7H,3-5H2,1-2H3. The van der Waals surface area contributed by atoms with Gasteiger partial charge in [0.1, 0.15) is 5.76 Å². The number of allylic oxidation sites excluding steroid dienone is 1. The molecule has 0 fully saturated rings. The number of cyclic esters (lactones) is 1. The van der Waals surface area contributed by atoms with Gasteiger partial charge in [-0.3, -0.25) is 0 Å². The van der Waals surface area contributed by atoms with Gasteiger partial charge >= 0.3 is 5.97 Å². The van der Waals surface area contributed by atoms with Gasteiger partial charge in [-0.05, 0) is 0 Å². The molecule has 4 heteroatoms. The Kier molecular flexibility index (Phi) is 3.13. The zero-order valence-electron chi connectivity index (χ0n) is 8.37. The molecule has 1 aliphatic rings. The molecule has 0 atom stereocenters. The Balaban J connectivity index is 2.85. The number of rotatable bonds is 3. The molecule has 1 rings (SSSR count). The largest absolute Gasteiger partial charge is 0.455 e. The lowest BCUT2D eigenvalue weighted by Gasteiger charge is -2.34. The van der Waals surface area contributed by atoms with E-state index < -0.39 is 11.8 Å². The molecular weight excluding hydrogens is 182 g/mol. The quantitative estimate of drug-likeness (QED) is 0.645. The van der Waals surface area contributed by atoms with E-state index in [0.29, 0.717) is 18.6 Å². The summed E-state index contributed by atoms with van der Waals surface area (Å²) in [7, 11) is 0. The molecule has 0 radical (unpaired) electrons. The van der Waals surface area contributed by atoms with Gasteiger partial charge in [0.05, 0.1) is 18.6 Å². The van der Waals surface area contributed by atoms with Crippen molar-refractivity contribution in [2.75, 3.05) is 0 Å². The molecule has 0 spiro atoms. The van der Waals surface area contributed by atoms with Gasteiger partial charge < -0.3 is 9.47 Å². The second-order valence-electron chi connectivity index (χ2n) is 3.09. The first-order valence-corrected chi connectivity index (χ1v) is 4.65. The molecule has 76 valence electrons. The molecule has 0 bridgehead atoms. The van der Waals surface area contributed by atoms with Crippen molar-refractivity contribution in [2.45, 2.75) is 38.9 Å². The summed E-state index contributed by atoms with van der Waals surface area (Å²) in [6, 6.07) is 1.94. The van der Waals surface area contributed by atoms with Crippen LogP contribution in [-0.2, 0) is 14.3 Å². The highest BCUT2D eigenvalue weighted by Gasteiger charge is 2.36. The third-order valence-electron chi connectivity index (χ3n) is 2.21. The highest BCUT2D eigenvalue weighted by molar-refractivity contribution is 5.83. The maximum atomic E-state index is 11.2. The lowest BCUT2D eigenvalue weighted by molar-refractivity contribution is -0.224. The third kappa shape index (κ3) is 2.05. The van der Waals surface area contributed by atoms with Crippen molar-refractivity contribution < 1.29 is 14.3 Å². The zero-order chi connectivity index (χ0) is 10.6. The van der Waals surface area contributed by atoms with E-state index in [-0.39, 0.29) is 6.42 Å². The van der Waals surface area contributed by atoms with Crippen molar-refractivity contribution >= 4 is 5.97 Å². The van der Waals surface area contributed by atoms with Gasteiger partial charge in [-0.25, -0.2) is 4.79 Å². The number of nitriles is 1. The van der Waals surface area contributed by atoms with Gasteiger partial charge in [-0.1, -0.05) is 13.8 Å². The van der Waals surface area contributed by atoms with E-state index >= 15 is 0 Å². The molecule has 0 saturated heterocycles. The first-order chi connectivity index (χ1) is 6.65. The van der Waals surface area contributed by atoms with Gasteiger partial charge in [0, 0.05) is 12.8 Å². The van der Waals surface area contributed by atoms with Gasteiger partial charge in [0.15, 0.2) is 0 Å². The van der Waals surface area contributed by atoms with Crippen LogP contribution in [-0.4, -0.2) is 11.8 Å². The molecular formula is C10H13NO3. The number of carbonyl (C=O) groups excluding carboxylic acids is 1. The van der Waals surface area contributed by atoms with Crippen LogP contribution in [0.25, 0.3) is 0 Å². The molecule has 14 heavy (non-hydrogen) atoms. The second kappa shape index (κ2) is 4.14. The van der Waals surface area contributed by atoms with Gasteiger partial charge in [-0.15, -0.1) is 0 Å². The fourth-order valence-corrected chi connectivity index (χ4v) is 1.34. The minimum absolute atomic E-state index is 0.108. The summed E-state index contributed by atoms with van der Waals surface area (Å²) in [4.78, 5) is 11.2. The predicted octanol–water partition coefficient (Wildman–Crippen LogP) is 1.87. The SMILES string of the molecule is CCC1(CC)OC(=O)C=C(CC#N)O1. The van der Waals surface area contributed by atoms with Gasteiger partial charge in [0.2, 0.25) is 0 Å². The Morgan fingerprint density at radius 1 is 1.43 bits per heavy atom. The predicted molar refractivity (Wildman–Crippen MR) is 48.8 cm³/mol. The lowest BCUT2D eigenvalue weighted by Crippen LogP contribution is -2.39. The van der Waals surface area contributed by atoms with Crippen LogP contribution in [0.1, 0.15) is 33.1 Å². The highest BCUT2D eigenvalue weighted by Crippen LogP contribution is 2.30. The van der Waals surface area contributed by atoms with Crippen LogP contribution in [0, 0.1) is 11.3 Å². The van der Waals surface area contributed by atoms with Crippen LogP contribution in [0.15, 0.2) is 11.8 Å². The van der Waals surface area contributed by atoms with Crippen molar-refractivity contribution in [2.24, 2.45) is 0 Å². The van der Waals surface area contributed by atoms with E-state index in [2.05, 4.69) is 0 Å². The van der Waals surface area contributed by atoms with Crippen molar-refractivity contribution in [1.82, 2.24) is 0 Å². The number of ether oxygens (including phenoxy) is 2. The number of hydrogen-bond donors (Lipinski definition) is 0. The summed E-state index contributed by atoms with van der Waals surface area (Å²) in [6.07, 6.45) is 2.50. The minimum Gasteiger partial charge on any atom is -0.455 e. The minimum atomic E-state index is -0.863. The smallest absolute Gasteiger partial charge is 0.337 e. The maximum Gasteiger partial charge on any atom is 0.337 e. The second-order valence-corrected chi connectivity index (χ2v) is 3.09. The van der Waals surface area contributed by atoms with Crippen molar-refractivity contribution in [3.05, 3.63) is 11.8 Å². The molecule has 1 aliphatic heterocycles. The van der Waals surface area contributed by atoms with Crippen LogP contribution in [0.5, 0.6) is 0 Å². The van der Waals surface area contributed by atoms with Crippen LogP contribution >= 0.6 is 0 Å². The van der Waals surface area contributed by atoms with E-state index in [9.17, 15) is 4.79 Å². The average Bonchev–Trinajstić information content (AvgIpc) is 2.17. The Morgan fingerprint density at radius 3 is 2.57 bits per heavy atom. The maximum absolute atomic E-state index is 11.2. The average molecular weight is 195 g/mol. The Bertz CT molecular complexity index is 297. The number of carbonyl (C=O) groups is 1. The van der Waals surface area contributed by atoms with Crippen LogP contribution in [0.4, 0.5) is 0 Å². The number of nitrogens with zero attached hydrogens (tertiary/aromatic N) is 1. The van der Waals surface area contributed by atoms with Crippen molar-refractivity contribution in [3.63, 3.8) is 0 Å². The van der Waals surface area contributed by atoms with Crippen LogP contribution in [0.2, 0.25) is 0 Å². The Morgan fingerprint density at radius 2 is 2.07 bits per heavy atom. The Hall–Kier alpha value is -1.50. The molecule has 0 aliphatic carbocycles. The number of esters is 1. The normalized spacial score (nSPS) is 18.9. The summed E-state index contributed by atoms with van der Waals surface area (Å²) in [5, 5.41) is 8.50. The zero-order valence-corrected chi connectivity index (χ0v) is 8.37. The summed E-state index contributed by atoms with van der Waals surface area (Å²) < 4.78 is 10.6. The molecule has 0 saturated carbocycles. The molecule has 0 aromatic heterocycles. The van der Waals surface area contributed by atoms with E-state index in [4.69, 9.17) is 14.7 Å². The van der Waals surface area contributed by atoms with Crippen molar-refractivity contribution in [3.8, 4) is 6.07 Å². The molecule has 0 amide bonds. The highest BCUT2D eigenvalue weighted by atomic mass is 16.7. The third-order valence-corrected chi connectivity index (χ3v) is 2.21. The monoisotopic (exact) mass is 195 g/mol. The fourth-order valence-electron chi connectivity index (χ4n) is 1.34. The number of hydrogen-bond acceptors (Lipinski definition) is 4. The van der Waals surface area contributed by atoms with Crippen molar-refractivity contribution in [1.29, 1.82) is 5.26 Å². The summed E-state index contributed by atoms with van der Waals surface area (Å²) in [5.41, 5.74) is 0. The van der Waals surface area contributed by atoms with Gasteiger partial charge in [-0.2, -0.15) is 5.26 Å². The molecule has 4 nitrogen and oxygen atoms in total. The molecule has 1 heterocycles. The van der Waals surface area contributed by atoms with Gasteiger partial charge in [0.25, 0.3) is 5.79 Å². The van der Waals surface area contributed by atoms with E-state index in [1.807, 2.05) is 19.9 Å². The summed E-state index contributed by atoms with van der Waals surface area (Å²) in [6.45, 7) is 3.76. The first kappa shape index (κ1) is 10.6. The molecule has 0 unspecified atom stereocenters. The van der Waals surface area contributed by atoms with E-state index in [1.54, 1.807) is 0 Å². The Labute approximate surface area is 83.1 Å². The van der Waals surface area contributed by atoms with Crippen LogP contribution < -0.4 is 0 Å². The van der Waals surface area contributed by atoms with E-state index in [0.717, 1.165) is 0 Å². The molecule has 0 aromatic rings. The first-order valence-electron chi connectivity index (χ1n) is 4.65. The summed E-state index contributed by atoms with van der Waals surface area (Å²) in [5.74, 6) is -0.893. The lowest BCUT2D eigenvalue weighted by atomic mass is 10.1. The van der Waals surface area contributed by atoms with Crippen LogP contribution in [0.3, 0.4) is 0 Å². The topological polar surface area (TPSA) is 59.3 Å². The fraction of sp³-hybridized carbons (Fsp3) is 0.600. The molecule has 0 N–H and O–H groups in total. The van der Waals surface area contributed by atoms with E-state index in [1.165, 1.54) is 6.08 Å². The molecule has 0 aromatic carbocycles. The summed E-state index contributed by atoms with van der Waals surface area (Å²) >= 11 is 0.